The summed E-state index contributed by atoms with van der Waals surface area (Å²) in [5, 5.41) is 0. The third-order valence-corrected chi connectivity index (χ3v) is 0. The molecule has 30 valence electrons. The first-order valence-electron chi connectivity index (χ1n) is 1.02. The Hall–Kier alpha value is 0.869. The van der Waals surface area contributed by atoms with Crippen LogP contribution in [0.1, 0.15) is 6.92 Å². The minimum absolute atomic E-state index is 0. The van der Waals surface area contributed by atoms with Crippen LogP contribution in [0, 0.1) is 0 Å². The maximum Gasteiger partial charge on any atom is 1.00 e. The second kappa shape index (κ2) is 9.12. The molecule has 0 radical (unpaired) electrons. The van der Waals surface area contributed by atoms with Gasteiger partial charge < -0.3 is 0 Å². The average Bonchev–Trinajstić information content (AvgIpc) is 0.918. The molecule has 0 aliphatic rings. The van der Waals surface area contributed by atoms with Gasteiger partial charge >= 0.3 is 17.1 Å². The smallest absolute Gasteiger partial charge is 0.180 e. The molecule has 0 heterocycles. The molecule has 0 aromatic heterocycles. The Morgan fingerprint density at radius 3 is 1.75 bits per heavy atom. The van der Waals surface area contributed by atoms with Gasteiger partial charge in [0.25, 0.3) is 0 Å². The van der Waals surface area contributed by atoms with Gasteiger partial charge in [-0.2, -0.15) is 12.6 Å². The van der Waals surface area contributed by atoms with Crippen molar-refractivity contribution in [2.75, 3.05) is 5.75 Å². The molecule has 0 aromatic carbocycles. The summed E-state index contributed by atoms with van der Waals surface area (Å²) >= 11 is 3.79. The van der Waals surface area contributed by atoms with E-state index in [2.05, 4.69) is 12.6 Å². The van der Waals surface area contributed by atoms with E-state index in [-0.39, 0.29) is 17.1 Å². The number of hydrogen-bond donors (Lipinski definition) is 1. The molecule has 0 amide bonds. The van der Waals surface area contributed by atoms with Gasteiger partial charge in [-0.25, -0.2) is 0 Å². The first-order chi connectivity index (χ1) is 1.41. The van der Waals surface area contributed by atoms with E-state index in [4.69, 9.17) is 0 Å². The molecular formula is C2H6CuS+. The van der Waals surface area contributed by atoms with Crippen molar-refractivity contribution in [1.82, 2.24) is 0 Å². The van der Waals surface area contributed by atoms with Crippen LogP contribution in [0.4, 0.5) is 0 Å². The van der Waals surface area contributed by atoms with Crippen LogP contribution in [0.3, 0.4) is 0 Å². The van der Waals surface area contributed by atoms with Crippen LogP contribution in [0.15, 0.2) is 0 Å². The largest absolute Gasteiger partial charge is 1.00 e. The molecule has 0 saturated carbocycles. The Morgan fingerprint density at radius 2 is 1.75 bits per heavy atom. The van der Waals surface area contributed by atoms with E-state index in [1.54, 1.807) is 0 Å². The Kier molecular flexibility index (Phi) is 20.2. The fourth-order valence-corrected chi connectivity index (χ4v) is 0. The zero-order valence-corrected chi connectivity index (χ0v) is 4.29. The molecule has 4 heavy (non-hydrogen) atoms. The summed E-state index contributed by atoms with van der Waals surface area (Å²) < 4.78 is 0. The van der Waals surface area contributed by atoms with Crippen LogP contribution in [0.2, 0.25) is 0 Å². The van der Waals surface area contributed by atoms with E-state index in [1.807, 2.05) is 6.92 Å². The molecule has 0 spiro atoms. The van der Waals surface area contributed by atoms with Crippen molar-refractivity contribution >= 4 is 12.6 Å². The van der Waals surface area contributed by atoms with E-state index in [9.17, 15) is 0 Å². The van der Waals surface area contributed by atoms with Gasteiger partial charge in [-0.05, 0) is 5.75 Å². The monoisotopic (exact) mass is 125 g/mol. The average molecular weight is 126 g/mol. The number of rotatable bonds is 0. The molecule has 0 bridgehead atoms. The SMILES string of the molecule is CCS.[Cu+]. The second-order valence-corrected chi connectivity index (χ2v) is 0.949. The van der Waals surface area contributed by atoms with E-state index >= 15 is 0 Å². The molecule has 2 heteroatoms. The summed E-state index contributed by atoms with van der Waals surface area (Å²) in [4.78, 5) is 0. The molecule has 0 unspecified atom stereocenters. The molecule has 0 saturated heterocycles. The van der Waals surface area contributed by atoms with Crippen molar-refractivity contribution in [3.63, 3.8) is 0 Å². The van der Waals surface area contributed by atoms with E-state index in [0.717, 1.165) is 5.75 Å². The van der Waals surface area contributed by atoms with Crippen LogP contribution in [0.25, 0.3) is 0 Å². The standard InChI is InChI=1S/C2H6S.Cu/c1-2-3;/h3H,2H2,1H3;/q;+1. The molecule has 0 N–H and O–H groups in total. The first-order valence-corrected chi connectivity index (χ1v) is 1.66. The fourth-order valence-electron chi connectivity index (χ4n) is 0. The predicted octanol–water partition coefficient (Wildman–Crippen LogP) is 0.934. The Labute approximate surface area is 42.9 Å². The van der Waals surface area contributed by atoms with Crippen molar-refractivity contribution < 1.29 is 17.1 Å². The minimum Gasteiger partial charge on any atom is -0.180 e. The minimum atomic E-state index is 0. The number of thiol groups is 1. The summed E-state index contributed by atoms with van der Waals surface area (Å²) in [7, 11) is 0. The zero-order valence-electron chi connectivity index (χ0n) is 2.46. The quantitative estimate of drug-likeness (QED) is 0.362. The molecule has 0 aliphatic carbocycles. The fraction of sp³-hybridized carbons (Fsp3) is 1.00. The van der Waals surface area contributed by atoms with Gasteiger partial charge in [0.05, 0.1) is 0 Å². The van der Waals surface area contributed by atoms with Crippen molar-refractivity contribution in [2.45, 2.75) is 6.92 Å². The van der Waals surface area contributed by atoms with Crippen molar-refractivity contribution in [2.24, 2.45) is 0 Å². The summed E-state index contributed by atoms with van der Waals surface area (Å²) in [6.45, 7) is 1.99. The molecule has 0 atom stereocenters. The van der Waals surface area contributed by atoms with Gasteiger partial charge in [-0.15, -0.1) is 0 Å². The normalized spacial score (nSPS) is 4.50. The van der Waals surface area contributed by atoms with Crippen LogP contribution >= 0.6 is 12.6 Å². The van der Waals surface area contributed by atoms with E-state index in [1.165, 1.54) is 0 Å². The Morgan fingerprint density at radius 1 is 1.75 bits per heavy atom. The molecular weight excluding hydrogens is 120 g/mol. The maximum absolute atomic E-state index is 3.79. The van der Waals surface area contributed by atoms with Gasteiger partial charge in [0.2, 0.25) is 0 Å². The van der Waals surface area contributed by atoms with Crippen LogP contribution in [-0.2, 0) is 17.1 Å². The van der Waals surface area contributed by atoms with E-state index < -0.39 is 0 Å². The number of hydrogen-bond acceptors (Lipinski definition) is 1. The zero-order chi connectivity index (χ0) is 2.71. The Balaban J connectivity index is 0. The van der Waals surface area contributed by atoms with Crippen LogP contribution in [0.5, 0.6) is 0 Å². The summed E-state index contributed by atoms with van der Waals surface area (Å²) in [5.74, 6) is 0.944. The van der Waals surface area contributed by atoms with Gasteiger partial charge in [0, 0.05) is 0 Å². The van der Waals surface area contributed by atoms with Gasteiger partial charge in [0.15, 0.2) is 0 Å². The Bertz CT molecular complexity index is 6.00. The molecule has 0 aromatic rings. The predicted molar refractivity (Wildman–Crippen MR) is 19.5 cm³/mol. The summed E-state index contributed by atoms with van der Waals surface area (Å²) in [5.41, 5.74) is 0. The first kappa shape index (κ1) is 8.85. The van der Waals surface area contributed by atoms with Crippen molar-refractivity contribution in [3.05, 3.63) is 0 Å². The van der Waals surface area contributed by atoms with Crippen LogP contribution in [-0.4, -0.2) is 5.75 Å². The maximum atomic E-state index is 3.79. The second-order valence-electron chi connectivity index (χ2n) is 0.316. The van der Waals surface area contributed by atoms with Gasteiger partial charge in [-0.1, -0.05) is 6.92 Å². The summed E-state index contributed by atoms with van der Waals surface area (Å²) in [6, 6.07) is 0. The third-order valence-electron chi connectivity index (χ3n) is 0. The summed E-state index contributed by atoms with van der Waals surface area (Å²) in [6.07, 6.45) is 0. The van der Waals surface area contributed by atoms with Crippen molar-refractivity contribution in [1.29, 1.82) is 0 Å². The topological polar surface area (TPSA) is 0 Å². The van der Waals surface area contributed by atoms with Crippen LogP contribution < -0.4 is 0 Å². The molecule has 0 fully saturated rings. The third kappa shape index (κ3) is 13.3. The molecule has 0 rings (SSSR count). The molecule has 0 aliphatic heterocycles. The van der Waals surface area contributed by atoms with Gasteiger partial charge in [0.1, 0.15) is 0 Å². The van der Waals surface area contributed by atoms with E-state index in [0.29, 0.717) is 0 Å². The molecule has 0 nitrogen and oxygen atoms in total. The van der Waals surface area contributed by atoms with Crippen molar-refractivity contribution in [3.8, 4) is 0 Å². The van der Waals surface area contributed by atoms with Gasteiger partial charge in [-0.3, -0.25) is 0 Å².